The highest BCUT2D eigenvalue weighted by Gasteiger charge is 2.17. The van der Waals surface area contributed by atoms with Gasteiger partial charge in [0.1, 0.15) is 0 Å². The maximum Gasteiger partial charge on any atom is 0.227 e. The van der Waals surface area contributed by atoms with E-state index in [4.69, 9.17) is 9.62 Å². The molecule has 0 fully saturated rings. The van der Waals surface area contributed by atoms with Gasteiger partial charge in [-0.1, -0.05) is 53.7 Å². The summed E-state index contributed by atoms with van der Waals surface area (Å²) in [5.41, 5.74) is 3.84. The van der Waals surface area contributed by atoms with Gasteiger partial charge in [-0.05, 0) is 19.1 Å². The van der Waals surface area contributed by atoms with Gasteiger partial charge >= 0.3 is 0 Å². The molecule has 4 aromatic rings. The lowest BCUT2D eigenvalue weighted by Crippen LogP contribution is -2.26. The Labute approximate surface area is 175 Å². The molecular formula is C23H23N5O2. The smallest absolute Gasteiger partial charge is 0.227 e. The van der Waals surface area contributed by atoms with E-state index in [0.29, 0.717) is 31.1 Å². The monoisotopic (exact) mass is 401 g/mol. The number of rotatable bonds is 7. The van der Waals surface area contributed by atoms with Gasteiger partial charge in [0.05, 0.1) is 11.4 Å². The van der Waals surface area contributed by atoms with E-state index in [-0.39, 0.29) is 5.91 Å². The number of aryl methyl sites for hydroxylation is 2. The zero-order valence-corrected chi connectivity index (χ0v) is 17.0. The van der Waals surface area contributed by atoms with Crippen LogP contribution in [-0.2, 0) is 17.8 Å². The Bertz CT molecular complexity index is 1120. The molecule has 0 unspecified atom stereocenters. The van der Waals surface area contributed by atoms with E-state index in [1.165, 1.54) is 0 Å². The molecule has 2 aromatic carbocycles. The minimum absolute atomic E-state index is 0.0114. The van der Waals surface area contributed by atoms with E-state index in [1.54, 1.807) is 18.9 Å². The van der Waals surface area contributed by atoms with Crippen molar-refractivity contribution in [3.63, 3.8) is 0 Å². The zero-order chi connectivity index (χ0) is 20.9. The molecule has 0 aliphatic carbocycles. The molecule has 0 spiro atoms. The quantitative estimate of drug-likeness (QED) is 0.470. The SMILES string of the molecule is Cc1noc(CCC(=O)N(C)Cc2cn(-c3ccccc3)nc2-c2ccccc2)n1. The summed E-state index contributed by atoms with van der Waals surface area (Å²) < 4.78 is 6.96. The van der Waals surface area contributed by atoms with Crippen LogP contribution >= 0.6 is 0 Å². The summed E-state index contributed by atoms with van der Waals surface area (Å²) in [6.07, 6.45) is 2.73. The molecule has 7 heteroatoms. The van der Waals surface area contributed by atoms with E-state index < -0.39 is 0 Å². The van der Waals surface area contributed by atoms with Gasteiger partial charge in [0.25, 0.3) is 0 Å². The lowest BCUT2D eigenvalue weighted by atomic mass is 10.1. The number of hydrogen-bond donors (Lipinski definition) is 0. The van der Waals surface area contributed by atoms with Gasteiger partial charge in [0.15, 0.2) is 5.82 Å². The average molecular weight is 401 g/mol. The molecule has 4 rings (SSSR count). The van der Waals surface area contributed by atoms with Crippen LogP contribution in [0.3, 0.4) is 0 Å². The van der Waals surface area contributed by atoms with Crippen molar-refractivity contribution in [2.45, 2.75) is 26.3 Å². The molecule has 30 heavy (non-hydrogen) atoms. The van der Waals surface area contributed by atoms with Gasteiger partial charge in [-0.2, -0.15) is 10.1 Å². The fraction of sp³-hybridized carbons (Fsp3) is 0.217. The minimum atomic E-state index is 0.0114. The van der Waals surface area contributed by atoms with Gasteiger partial charge < -0.3 is 9.42 Å². The van der Waals surface area contributed by atoms with Gasteiger partial charge in [-0.25, -0.2) is 4.68 Å². The summed E-state index contributed by atoms with van der Waals surface area (Å²) in [5, 5.41) is 8.57. The lowest BCUT2D eigenvalue weighted by Gasteiger charge is -2.16. The summed E-state index contributed by atoms with van der Waals surface area (Å²) in [7, 11) is 1.80. The van der Waals surface area contributed by atoms with Gasteiger partial charge in [0.2, 0.25) is 11.8 Å². The van der Waals surface area contributed by atoms with Crippen molar-refractivity contribution in [3.8, 4) is 16.9 Å². The topological polar surface area (TPSA) is 77.0 Å². The van der Waals surface area contributed by atoms with Crippen molar-refractivity contribution in [1.82, 2.24) is 24.8 Å². The molecule has 0 aliphatic rings. The van der Waals surface area contributed by atoms with Crippen molar-refractivity contribution >= 4 is 5.91 Å². The van der Waals surface area contributed by atoms with E-state index >= 15 is 0 Å². The van der Waals surface area contributed by atoms with Crippen LogP contribution in [0, 0.1) is 6.92 Å². The molecule has 0 atom stereocenters. The first kappa shape index (κ1) is 19.6. The maximum atomic E-state index is 12.7. The highest BCUT2D eigenvalue weighted by Crippen LogP contribution is 2.25. The Kier molecular flexibility index (Phi) is 5.70. The van der Waals surface area contributed by atoms with E-state index in [1.807, 2.05) is 71.5 Å². The van der Waals surface area contributed by atoms with Crippen LogP contribution < -0.4 is 0 Å². The van der Waals surface area contributed by atoms with Crippen molar-refractivity contribution in [3.05, 3.63) is 84.1 Å². The zero-order valence-electron chi connectivity index (χ0n) is 17.0. The number of carbonyl (C=O) groups is 1. The number of benzene rings is 2. The second kappa shape index (κ2) is 8.73. The summed E-state index contributed by atoms with van der Waals surface area (Å²) in [6.45, 7) is 2.22. The Morgan fingerprint density at radius 2 is 1.77 bits per heavy atom. The molecule has 7 nitrogen and oxygen atoms in total. The molecule has 0 bridgehead atoms. The number of aromatic nitrogens is 4. The third-order valence-electron chi connectivity index (χ3n) is 4.81. The maximum absolute atomic E-state index is 12.7. The average Bonchev–Trinajstić information content (AvgIpc) is 3.39. The predicted octanol–water partition coefficient (Wildman–Crippen LogP) is 3.82. The molecule has 2 heterocycles. The Morgan fingerprint density at radius 3 is 2.43 bits per heavy atom. The molecule has 0 saturated heterocycles. The summed E-state index contributed by atoms with van der Waals surface area (Å²) >= 11 is 0. The Morgan fingerprint density at radius 1 is 1.07 bits per heavy atom. The lowest BCUT2D eigenvalue weighted by molar-refractivity contribution is -0.130. The summed E-state index contributed by atoms with van der Waals surface area (Å²) in [4.78, 5) is 18.5. The molecule has 0 N–H and O–H groups in total. The van der Waals surface area contributed by atoms with Crippen molar-refractivity contribution < 1.29 is 9.32 Å². The molecule has 1 amide bonds. The van der Waals surface area contributed by atoms with Crippen LogP contribution in [0.2, 0.25) is 0 Å². The number of carbonyl (C=O) groups excluding carboxylic acids is 1. The van der Waals surface area contributed by atoms with Gasteiger partial charge in [-0.15, -0.1) is 0 Å². The Balaban J connectivity index is 1.54. The second-order valence-corrected chi connectivity index (χ2v) is 7.13. The number of nitrogens with zero attached hydrogens (tertiary/aromatic N) is 5. The molecule has 152 valence electrons. The van der Waals surface area contributed by atoms with E-state index in [9.17, 15) is 4.79 Å². The largest absolute Gasteiger partial charge is 0.341 e. The molecule has 2 aromatic heterocycles. The van der Waals surface area contributed by atoms with Crippen molar-refractivity contribution in [2.24, 2.45) is 0 Å². The summed E-state index contributed by atoms with van der Waals surface area (Å²) in [5.74, 6) is 1.07. The summed E-state index contributed by atoms with van der Waals surface area (Å²) in [6, 6.07) is 20.0. The van der Waals surface area contributed by atoms with E-state index in [2.05, 4.69) is 10.1 Å². The Hall–Kier alpha value is -3.74. The molecule has 0 saturated carbocycles. The first-order valence-electron chi connectivity index (χ1n) is 9.82. The number of para-hydroxylation sites is 1. The minimum Gasteiger partial charge on any atom is -0.341 e. The van der Waals surface area contributed by atoms with Gasteiger partial charge in [-0.3, -0.25) is 4.79 Å². The van der Waals surface area contributed by atoms with Crippen LogP contribution in [0.5, 0.6) is 0 Å². The normalized spacial score (nSPS) is 10.9. The van der Waals surface area contributed by atoms with E-state index in [0.717, 1.165) is 22.5 Å². The molecule has 0 aliphatic heterocycles. The number of hydrogen-bond acceptors (Lipinski definition) is 5. The highest BCUT2D eigenvalue weighted by atomic mass is 16.5. The number of amides is 1. The first-order valence-corrected chi connectivity index (χ1v) is 9.82. The van der Waals surface area contributed by atoms with Crippen molar-refractivity contribution in [1.29, 1.82) is 0 Å². The second-order valence-electron chi connectivity index (χ2n) is 7.13. The molecule has 0 radical (unpaired) electrons. The van der Waals surface area contributed by atoms with Crippen LogP contribution in [0.4, 0.5) is 0 Å². The molecular weight excluding hydrogens is 378 g/mol. The third-order valence-corrected chi connectivity index (χ3v) is 4.81. The van der Waals surface area contributed by atoms with Crippen LogP contribution in [0.1, 0.15) is 23.7 Å². The first-order chi connectivity index (χ1) is 14.6. The fourth-order valence-electron chi connectivity index (χ4n) is 3.27. The predicted molar refractivity (Wildman–Crippen MR) is 113 cm³/mol. The van der Waals surface area contributed by atoms with Crippen LogP contribution in [0.25, 0.3) is 16.9 Å². The van der Waals surface area contributed by atoms with Gasteiger partial charge in [0, 0.05) is 43.8 Å². The third kappa shape index (κ3) is 4.46. The fourth-order valence-corrected chi connectivity index (χ4v) is 3.27. The van der Waals surface area contributed by atoms with Crippen LogP contribution in [0.15, 0.2) is 71.4 Å². The standard InChI is InChI=1S/C23H23N5O2/c1-17-24-21(30-26-17)13-14-22(29)27(2)15-19-16-28(20-11-7-4-8-12-20)25-23(19)18-9-5-3-6-10-18/h3-12,16H,13-15H2,1-2H3. The van der Waals surface area contributed by atoms with Crippen LogP contribution in [-0.4, -0.2) is 37.8 Å². The highest BCUT2D eigenvalue weighted by molar-refractivity contribution is 5.76. The van der Waals surface area contributed by atoms with Crippen molar-refractivity contribution in [2.75, 3.05) is 7.05 Å².